The van der Waals surface area contributed by atoms with Gasteiger partial charge < -0.3 is 5.32 Å². The first-order valence-corrected chi connectivity index (χ1v) is 11.6. The van der Waals surface area contributed by atoms with Crippen molar-refractivity contribution in [2.24, 2.45) is 5.92 Å². The van der Waals surface area contributed by atoms with Gasteiger partial charge in [-0.2, -0.15) is 4.31 Å². The molecule has 156 valence electrons. The normalized spacial score (nSPS) is 15.9. The van der Waals surface area contributed by atoms with Gasteiger partial charge in [-0.3, -0.25) is 9.78 Å². The van der Waals surface area contributed by atoms with Crippen LogP contribution in [-0.2, 0) is 21.4 Å². The number of hydrogen-bond donors (Lipinski definition) is 1. The maximum atomic E-state index is 13.2. The summed E-state index contributed by atoms with van der Waals surface area (Å²) in [5, 5.41) is 4.32. The maximum absolute atomic E-state index is 13.2. The lowest BCUT2D eigenvalue weighted by Gasteiger charge is -2.30. The Kier molecular flexibility index (Phi) is 6.04. The quantitative estimate of drug-likeness (QED) is 0.653. The zero-order chi connectivity index (χ0) is 21.1. The lowest BCUT2D eigenvalue weighted by atomic mass is 9.97. The zero-order valence-electron chi connectivity index (χ0n) is 16.3. The van der Waals surface area contributed by atoms with Gasteiger partial charge in [0.1, 0.15) is 4.90 Å². The number of benzene rings is 2. The van der Waals surface area contributed by atoms with Crippen molar-refractivity contribution < 1.29 is 13.2 Å². The monoisotopic (exact) mass is 443 g/mol. The molecule has 1 N–H and O–H groups in total. The summed E-state index contributed by atoms with van der Waals surface area (Å²) in [6.07, 6.45) is 2.55. The highest BCUT2D eigenvalue weighted by atomic mass is 35.5. The van der Waals surface area contributed by atoms with E-state index in [4.69, 9.17) is 11.6 Å². The molecule has 30 heavy (non-hydrogen) atoms. The van der Waals surface area contributed by atoms with Crippen LogP contribution >= 0.6 is 11.6 Å². The van der Waals surface area contributed by atoms with Crippen LogP contribution in [0.5, 0.6) is 0 Å². The summed E-state index contributed by atoms with van der Waals surface area (Å²) in [5.41, 5.74) is 1.33. The van der Waals surface area contributed by atoms with Crippen LogP contribution in [-0.4, -0.2) is 36.7 Å². The lowest BCUT2D eigenvalue weighted by molar-refractivity contribution is -0.126. The van der Waals surface area contributed by atoms with E-state index in [2.05, 4.69) is 10.3 Å². The molecule has 0 aliphatic carbocycles. The number of nitrogens with zero attached hydrogens (tertiary/aromatic N) is 2. The Morgan fingerprint density at radius 3 is 2.57 bits per heavy atom. The van der Waals surface area contributed by atoms with Crippen LogP contribution in [0.25, 0.3) is 10.9 Å². The van der Waals surface area contributed by atoms with Crippen molar-refractivity contribution in [1.29, 1.82) is 0 Å². The summed E-state index contributed by atoms with van der Waals surface area (Å²) in [4.78, 5) is 17.0. The van der Waals surface area contributed by atoms with E-state index in [0.29, 0.717) is 43.0 Å². The van der Waals surface area contributed by atoms with Gasteiger partial charge in [-0.1, -0.05) is 48.0 Å². The van der Waals surface area contributed by atoms with Gasteiger partial charge in [-0.15, -0.1) is 0 Å². The molecule has 1 aromatic heterocycles. The summed E-state index contributed by atoms with van der Waals surface area (Å²) < 4.78 is 27.8. The highest BCUT2D eigenvalue weighted by Gasteiger charge is 2.33. The van der Waals surface area contributed by atoms with Gasteiger partial charge >= 0.3 is 0 Å². The number of nitrogens with one attached hydrogen (secondary N) is 1. The molecule has 1 aliphatic rings. The third-order valence-electron chi connectivity index (χ3n) is 5.45. The molecule has 1 saturated heterocycles. The largest absolute Gasteiger partial charge is 0.352 e. The molecule has 0 spiro atoms. The molecular formula is C22H22ClN3O3S. The minimum Gasteiger partial charge on any atom is -0.352 e. The molecule has 0 bridgehead atoms. The van der Waals surface area contributed by atoms with E-state index in [1.165, 1.54) is 4.31 Å². The molecule has 0 radical (unpaired) electrons. The SMILES string of the molecule is O=C(NCc1ccccc1Cl)C1CCN(S(=O)(=O)c2cccc3cccnc23)CC1. The zero-order valence-corrected chi connectivity index (χ0v) is 17.9. The van der Waals surface area contributed by atoms with Gasteiger partial charge in [0.05, 0.1) is 5.52 Å². The molecule has 6 nitrogen and oxygen atoms in total. The van der Waals surface area contributed by atoms with Crippen LogP contribution in [0.1, 0.15) is 18.4 Å². The minimum atomic E-state index is -3.68. The highest BCUT2D eigenvalue weighted by molar-refractivity contribution is 7.89. The molecule has 3 aromatic rings. The summed E-state index contributed by atoms with van der Waals surface area (Å²) in [6, 6.07) is 16.2. The van der Waals surface area contributed by atoms with Gasteiger partial charge in [-0.05, 0) is 36.6 Å². The number of pyridine rings is 1. The van der Waals surface area contributed by atoms with Gasteiger partial charge in [0.25, 0.3) is 0 Å². The summed E-state index contributed by atoms with van der Waals surface area (Å²) in [6.45, 7) is 0.962. The smallest absolute Gasteiger partial charge is 0.245 e. The van der Waals surface area contributed by atoms with E-state index in [0.717, 1.165) is 10.9 Å². The number of aromatic nitrogens is 1. The van der Waals surface area contributed by atoms with E-state index in [1.807, 2.05) is 30.3 Å². The van der Waals surface area contributed by atoms with Crippen molar-refractivity contribution in [3.8, 4) is 0 Å². The van der Waals surface area contributed by atoms with Gasteiger partial charge in [0.15, 0.2) is 0 Å². The van der Waals surface area contributed by atoms with Crippen molar-refractivity contribution in [1.82, 2.24) is 14.6 Å². The number of sulfonamides is 1. The third kappa shape index (κ3) is 4.19. The number of hydrogen-bond acceptors (Lipinski definition) is 4. The molecule has 4 rings (SSSR count). The van der Waals surface area contributed by atoms with E-state index < -0.39 is 10.0 Å². The van der Waals surface area contributed by atoms with Crippen LogP contribution in [0.3, 0.4) is 0 Å². The van der Waals surface area contributed by atoms with Gasteiger partial charge in [-0.25, -0.2) is 8.42 Å². The first kappa shape index (κ1) is 20.8. The Hall–Kier alpha value is -2.48. The molecule has 1 amide bonds. The van der Waals surface area contributed by atoms with Crippen LogP contribution in [0, 0.1) is 5.92 Å². The molecule has 2 aromatic carbocycles. The molecule has 0 unspecified atom stereocenters. The second-order valence-corrected chi connectivity index (χ2v) is 9.63. The topological polar surface area (TPSA) is 79.4 Å². The van der Waals surface area contributed by atoms with Crippen molar-refractivity contribution in [3.63, 3.8) is 0 Å². The molecule has 0 atom stereocenters. The van der Waals surface area contributed by atoms with Gasteiger partial charge in [0, 0.05) is 42.2 Å². The Morgan fingerprint density at radius 2 is 1.80 bits per heavy atom. The van der Waals surface area contributed by atoms with Crippen molar-refractivity contribution in [3.05, 3.63) is 71.4 Å². The van der Waals surface area contributed by atoms with Crippen LogP contribution in [0.15, 0.2) is 65.7 Å². The number of para-hydroxylation sites is 1. The predicted octanol–water partition coefficient (Wildman–Crippen LogP) is 3.61. The average Bonchev–Trinajstić information content (AvgIpc) is 2.78. The molecule has 8 heteroatoms. The third-order valence-corrected chi connectivity index (χ3v) is 7.75. The second-order valence-electron chi connectivity index (χ2n) is 7.32. The first-order valence-electron chi connectivity index (χ1n) is 9.82. The van der Waals surface area contributed by atoms with Crippen molar-refractivity contribution >= 4 is 38.4 Å². The number of rotatable bonds is 5. The molecule has 1 aliphatic heterocycles. The fourth-order valence-corrected chi connectivity index (χ4v) is 5.59. The average molecular weight is 444 g/mol. The first-order chi connectivity index (χ1) is 14.5. The fourth-order valence-electron chi connectivity index (χ4n) is 3.75. The van der Waals surface area contributed by atoms with Crippen molar-refractivity contribution in [2.75, 3.05) is 13.1 Å². The predicted molar refractivity (Wildman–Crippen MR) is 117 cm³/mol. The number of halogens is 1. The second kappa shape index (κ2) is 8.71. The Bertz CT molecular complexity index is 1170. The van der Waals surface area contributed by atoms with E-state index in [1.54, 1.807) is 30.5 Å². The molecule has 0 saturated carbocycles. The summed E-state index contributed by atoms with van der Waals surface area (Å²) >= 11 is 6.13. The number of fused-ring (bicyclic) bond motifs is 1. The van der Waals surface area contributed by atoms with Crippen LogP contribution in [0.4, 0.5) is 0 Å². The summed E-state index contributed by atoms with van der Waals surface area (Å²) in [7, 11) is -3.68. The van der Waals surface area contributed by atoms with Crippen LogP contribution in [0.2, 0.25) is 5.02 Å². The number of amides is 1. The molecular weight excluding hydrogens is 422 g/mol. The maximum Gasteiger partial charge on any atom is 0.245 e. The van der Waals surface area contributed by atoms with Crippen LogP contribution < -0.4 is 5.32 Å². The van der Waals surface area contributed by atoms with E-state index >= 15 is 0 Å². The minimum absolute atomic E-state index is 0.0706. The standard InChI is InChI=1S/C22H22ClN3O3S/c23-19-8-2-1-5-18(19)15-25-22(27)17-10-13-26(14-11-17)30(28,29)20-9-3-6-16-7-4-12-24-21(16)20/h1-9,12,17H,10-11,13-15H2,(H,25,27). The van der Waals surface area contributed by atoms with E-state index in [-0.39, 0.29) is 16.7 Å². The highest BCUT2D eigenvalue weighted by Crippen LogP contribution is 2.28. The number of carbonyl (C=O) groups excluding carboxylic acids is 1. The number of piperidine rings is 1. The van der Waals surface area contributed by atoms with Crippen molar-refractivity contribution in [2.45, 2.75) is 24.3 Å². The molecule has 2 heterocycles. The Labute approximate surface area is 180 Å². The van der Waals surface area contributed by atoms with Gasteiger partial charge in [0.2, 0.25) is 15.9 Å². The number of carbonyl (C=O) groups is 1. The fraction of sp³-hybridized carbons (Fsp3) is 0.273. The molecule has 1 fully saturated rings. The Balaban J connectivity index is 1.41. The lowest BCUT2D eigenvalue weighted by Crippen LogP contribution is -2.42. The summed E-state index contributed by atoms with van der Waals surface area (Å²) in [5.74, 6) is -0.289. The Morgan fingerprint density at radius 1 is 1.07 bits per heavy atom. The van der Waals surface area contributed by atoms with E-state index in [9.17, 15) is 13.2 Å².